The predicted octanol–water partition coefficient (Wildman–Crippen LogP) is 4.60. The van der Waals surface area contributed by atoms with E-state index in [9.17, 15) is 27.2 Å². The maximum atomic E-state index is 13.1. The van der Waals surface area contributed by atoms with Crippen molar-refractivity contribution < 1.29 is 36.6 Å². The molecular formula is C24H18F4N2O4. The molecule has 0 spiro atoms. The molecule has 1 saturated heterocycles. The normalized spacial score (nSPS) is 14.7. The van der Waals surface area contributed by atoms with Crippen molar-refractivity contribution in [2.75, 3.05) is 25.6 Å². The van der Waals surface area contributed by atoms with Crippen molar-refractivity contribution in [3.63, 3.8) is 0 Å². The Morgan fingerprint density at radius 2 is 1.76 bits per heavy atom. The Morgan fingerprint density at radius 1 is 1.06 bits per heavy atom. The first-order chi connectivity index (χ1) is 16.1. The lowest BCUT2D eigenvalue weighted by molar-refractivity contribution is -0.139. The first kappa shape index (κ1) is 23.4. The first-order valence-electron chi connectivity index (χ1n) is 10.1. The number of aromatic nitrogens is 1. The highest BCUT2D eigenvalue weighted by molar-refractivity contribution is 6.00. The zero-order valence-corrected chi connectivity index (χ0v) is 17.8. The van der Waals surface area contributed by atoms with E-state index in [1.165, 1.54) is 36.5 Å². The molecule has 1 fully saturated rings. The van der Waals surface area contributed by atoms with Crippen LogP contribution in [0, 0.1) is 5.82 Å². The van der Waals surface area contributed by atoms with Gasteiger partial charge in [-0.1, -0.05) is 12.1 Å². The standard InChI is InChI=1S/C24H18F4N2O4/c1-33-21(31)19-10-14(24(26,27)28)2-8-18(19)20-9-3-15(11-29-20)23(12-34-13-23)22(32)30-17-6-4-16(25)5-7-17/h2-11H,12-13H2,1H3,(H,30,32). The number of ether oxygens (including phenoxy) is 2. The molecule has 0 atom stereocenters. The average molecular weight is 474 g/mol. The third-order valence-electron chi connectivity index (χ3n) is 5.58. The molecule has 6 nitrogen and oxygen atoms in total. The van der Waals surface area contributed by atoms with Crippen LogP contribution >= 0.6 is 0 Å². The van der Waals surface area contributed by atoms with Crippen LogP contribution in [-0.2, 0) is 25.9 Å². The van der Waals surface area contributed by atoms with Crippen LogP contribution < -0.4 is 5.32 Å². The van der Waals surface area contributed by atoms with E-state index < -0.39 is 28.9 Å². The van der Waals surface area contributed by atoms with Gasteiger partial charge in [0.25, 0.3) is 0 Å². The van der Waals surface area contributed by atoms with Gasteiger partial charge in [0.05, 0.1) is 37.1 Å². The smallest absolute Gasteiger partial charge is 0.416 e. The van der Waals surface area contributed by atoms with Crippen LogP contribution in [0.3, 0.4) is 0 Å². The summed E-state index contributed by atoms with van der Waals surface area (Å²) in [5.41, 5.74) is -0.994. The molecule has 1 aliphatic rings. The number of nitrogens with zero attached hydrogens (tertiary/aromatic N) is 1. The second-order valence-electron chi connectivity index (χ2n) is 7.72. The number of benzene rings is 2. The summed E-state index contributed by atoms with van der Waals surface area (Å²) < 4.78 is 62.4. The van der Waals surface area contributed by atoms with E-state index in [1.54, 1.807) is 6.07 Å². The van der Waals surface area contributed by atoms with E-state index >= 15 is 0 Å². The van der Waals surface area contributed by atoms with Crippen molar-refractivity contribution in [1.82, 2.24) is 4.98 Å². The average Bonchev–Trinajstić information content (AvgIpc) is 2.79. The minimum Gasteiger partial charge on any atom is -0.465 e. The number of pyridine rings is 1. The number of carbonyl (C=O) groups is 2. The lowest BCUT2D eigenvalue weighted by Gasteiger charge is -2.40. The third-order valence-corrected chi connectivity index (χ3v) is 5.58. The van der Waals surface area contributed by atoms with Crippen molar-refractivity contribution >= 4 is 17.6 Å². The summed E-state index contributed by atoms with van der Waals surface area (Å²) in [7, 11) is 1.07. The molecule has 1 N–H and O–H groups in total. The fourth-order valence-corrected chi connectivity index (χ4v) is 3.58. The number of halogens is 4. The quantitative estimate of drug-likeness (QED) is 0.432. The van der Waals surface area contributed by atoms with Crippen molar-refractivity contribution in [2.45, 2.75) is 11.6 Å². The fraction of sp³-hybridized carbons (Fsp3) is 0.208. The molecule has 0 unspecified atom stereocenters. The number of hydrogen-bond acceptors (Lipinski definition) is 5. The molecule has 10 heteroatoms. The van der Waals surface area contributed by atoms with E-state index in [2.05, 4.69) is 15.0 Å². The Balaban J connectivity index is 1.64. The molecule has 0 saturated carbocycles. The Morgan fingerprint density at radius 3 is 2.29 bits per heavy atom. The summed E-state index contributed by atoms with van der Waals surface area (Å²) in [6.07, 6.45) is -3.21. The Kier molecular flexibility index (Phi) is 6.09. The third kappa shape index (κ3) is 4.36. The molecule has 0 bridgehead atoms. The molecule has 34 heavy (non-hydrogen) atoms. The first-order valence-corrected chi connectivity index (χ1v) is 10.1. The van der Waals surface area contributed by atoms with Gasteiger partial charge in [-0.05, 0) is 48.0 Å². The highest BCUT2D eigenvalue weighted by Gasteiger charge is 2.48. The second kappa shape index (κ2) is 8.86. The van der Waals surface area contributed by atoms with Crippen molar-refractivity contribution in [1.29, 1.82) is 0 Å². The summed E-state index contributed by atoms with van der Waals surface area (Å²) >= 11 is 0. The highest BCUT2D eigenvalue weighted by atomic mass is 19.4. The number of hydrogen-bond donors (Lipinski definition) is 1. The number of alkyl halides is 3. The molecule has 1 amide bonds. The van der Waals surface area contributed by atoms with Gasteiger partial charge in [-0.2, -0.15) is 13.2 Å². The van der Waals surface area contributed by atoms with Gasteiger partial charge < -0.3 is 14.8 Å². The maximum Gasteiger partial charge on any atom is 0.416 e. The molecule has 3 aromatic rings. The minimum atomic E-state index is -4.63. The van der Waals surface area contributed by atoms with Crippen LogP contribution in [0.2, 0.25) is 0 Å². The molecule has 0 aliphatic carbocycles. The van der Waals surface area contributed by atoms with E-state index in [-0.39, 0.29) is 35.9 Å². The summed E-state index contributed by atoms with van der Waals surface area (Å²) in [4.78, 5) is 29.4. The van der Waals surface area contributed by atoms with Crippen molar-refractivity contribution in [3.05, 3.63) is 83.3 Å². The second-order valence-corrected chi connectivity index (χ2v) is 7.72. The lowest BCUT2D eigenvalue weighted by Crippen LogP contribution is -2.55. The van der Waals surface area contributed by atoms with E-state index in [0.717, 1.165) is 19.2 Å². The predicted molar refractivity (Wildman–Crippen MR) is 114 cm³/mol. The summed E-state index contributed by atoms with van der Waals surface area (Å²) in [5.74, 6) is -1.74. The molecule has 1 aromatic heterocycles. The number of anilines is 1. The van der Waals surface area contributed by atoms with Crippen molar-refractivity contribution in [3.8, 4) is 11.3 Å². The molecule has 2 aromatic carbocycles. The largest absolute Gasteiger partial charge is 0.465 e. The highest BCUT2D eigenvalue weighted by Crippen LogP contribution is 2.36. The van der Waals surface area contributed by atoms with Crippen LogP contribution in [0.25, 0.3) is 11.3 Å². The Bertz CT molecular complexity index is 1220. The van der Waals surface area contributed by atoms with Gasteiger partial charge >= 0.3 is 12.1 Å². The topological polar surface area (TPSA) is 77.5 Å². The van der Waals surface area contributed by atoms with Gasteiger partial charge in [-0.25, -0.2) is 9.18 Å². The summed E-state index contributed by atoms with van der Waals surface area (Å²) in [6, 6.07) is 11.1. The Hall–Kier alpha value is -3.79. The molecule has 1 aliphatic heterocycles. The maximum absolute atomic E-state index is 13.1. The summed E-state index contributed by atoms with van der Waals surface area (Å²) in [5, 5.41) is 2.73. The van der Waals surface area contributed by atoms with Crippen LogP contribution in [0.5, 0.6) is 0 Å². The molecule has 4 rings (SSSR count). The summed E-state index contributed by atoms with van der Waals surface area (Å²) in [6.45, 7) is 0.184. The van der Waals surface area contributed by atoms with Crippen molar-refractivity contribution in [2.24, 2.45) is 0 Å². The number of rotatable bonds is 5. The number of amides is 1. The lowest BCUT2D eigenvalue weighted by atomic mass is 9.78. The number of esters is 1. The number of carbonyl (C=O) groups excluding carboxylic acids is 2. The van der Waals surface area contributed by atoms with Gasteiger partial charge in [-0.15, -0.1) is 0 Å². The zero-order valence-electron chi connectivity index (χ0n) is 17.8. The van der Waals surface area contributed by atoms with Gasteiger partial charge in [-0.3, -0.25) is 9.78 Å². The van der Waals surface area contributed by atoms with Crippen LogP contribution in [0.15, 0.2) is 60.8 Å². The SMILES string of the molecule is COC(=O)c1cc(C(F)(F)F)ccc1-c1ccc(C2(C(=O)Nc3ccc(F)cc3)COC2)cn1. The number of methoxy groups -OCH3 is 1. The van der Waals surface area contributed by atoms with Gasteiger partial charge in [0, 0.05) is 17.4 Å². The molecule has 2 heterocycles. The number of nitrogens with one attached hydrogen (secondary N) is 1. The van der Waals surface area contributed by atoms with Gasteiger partial charge in [0.1, 0.15) is 11.2 Å². The monoisotopic (exact) mass is 474 g/mol. The Labute approximate surface area is 191 Å². The van der Waals surface area contributed by atoms with Gasteiger partial charge in [0.15, 0.2) is 0 Å². The van der Waals surface area contributed by atoms with E-state index in [1.807, 2.05) is 0 Å². The fourth-order valence-electron chi connectivity index (χ4n) is 3.58. The van der Waals surface area contributed by atoms with Crippen LogP contribution in [0.1, 0.15) is 21.5 Å². The van der Waals surface area contributed by atoms with E-state index in [4.69, 9.17) is 4.74 Å². The molecular weight excluding hydrogens is 456 g/mol. The van der Waals surface area contributed by atoms with Crippen LogP contribution in [-0.4, -0.2) is 37.2 Å². The zero-order chi connectivity index (χ0) is 24.5. The van der Waals surface area contributed by atoms with Crippen LogP contribution in [0.4, 0.5) is 23.2 Å². The molecule has 0 radical (unpaired) electrons. The van der Waals surface area contributed by atoms with E-state index in [0.29, 0.717) is 17.3 Å². The molecule has 176 valence electrons. The van der Waals surface area contributed by atoms with Gasteiger partial charge in [0.2, 0.25) is 5.91 Å². The minimum absolute atomic E-state index is 0.0920.